The molecule has 1 aliphatic heterocycles. The van der Waals surface area contributed by atoms with Gasteiger partial charge in [0.1, 0.15) is 5.69 Å². The highest BCUT2D eigenvalue weighted by Gasteiger charge is 2.42. The molecule has 0 aliphatic carbocycles. The third-order valence-electron chi connectivity index (χ3n) is 3.91. The number of ketones is 1. The Kier molecular flexibility index (Phi) is 4.46. The summed E-state index contributed by atoms with van der Waals surface area (Å²) in [6.07, 6.45) is 4.63. The van der Waals surface area contributed by atoms with E-state index in [9.17, 15) is 4.79 Å². The van der Waals surface area contributed by atoms with Gasteiger partial charge < -0.3 is 5.32 Å². The molecule has 0 bridgehead atoms. The van der Waals surface area contributed by atoms with Crippen molar-refractivity contribution in [1.29, 1.82) is 0 Å². The molecule has 19 heavy (non-hydrogen) atoms. The van der Waals surface area contributed by atoms with E-state index in [0.29, 0.717) is 0 Å². The number of nitrogens with zero attached hydrogens (tertiary/aromatic N) is 2. The molecule has 0 saturated carbocycles. The van der Waals surface area contributed by atoms with E-state index in [4.69, 9.17) is 0 Å². The van der Waals surface area contributed by atoms with Gasteiger partial charge in [0.05, 0.1) is 10.7 Å². The van der Waals surface area contributed by atoms with Gasteiger partial charge in [0.15, 0.2) is 5.78 Å². The van der Waals surface area contributed by atoms with Gasteiger partial charge in [-0.3, -0.25) is 9.48 Å². The van der Waals surface area contributed by atoms with Crippen LogP contribution in [-0.4, -0.2) is 28.7 Å². The Balaban J connectivity index is 2.40. The number of hydrogen-bond donors (Lipinski definition) is 1. The van der Waals surface area contributed by atoms with Gasteiger partial charge in [-0.25, -0.2) is 0 Å². The Morgan fingerprint density at radius 2 is 2.37 bits per heavy atom. The van der Waals surface area contributed by atoms with Crippen LogP contribution in [0.5, 0.6) is 0 Å². The number of carbonyl (C=O) groups is 1. The van der Waals surface area contributed by atoms with Crippen molar-refractivity contribution in [3.63, 3.8) is 0 Å². The number of rotatable bonds is 5. The van der Waals surface area contributed by atoms with Crippen LogP contribution in [0.3, 0.4) is 0 Å². The van der Waals surface area contributed by atoms with E-state index in [1.54, 1.807) is 6.20 Å². The van der Waals surface area contributed by atoms with E-state index in [2.05, 4.69) is 47.1 Å². The van der Waals surface area contributed by atoms with E-state index < -0.39 is 0 Å². The van der Waals surface area contributed by atoms with E-state index in [-0.39, 0.29) is 17.2 Å². The second kappa shape index (κ2) is 5.75. The molecule has 1 saturated heterocycles. The number of hydrogen-bond acceptors (Lipinski definition) is 3. The molecular formula is C14H22BrN3O. The molecule has 1 fully saturated rings. The van der Waals surface area contributed by atoms with Crippen LogP contribution in [0.1, 0.15) is 56.6 Å². The van der Waals surface area contributed by atoms with Crippen molar-refractivity contribution in [2.45, 2.75) is 46.1 Å². The Morgan fingerprint density at radius 3 is 2.89 bits per heavy atom. The molecule has 0 amide bonds. The second-order valence-electron chi connectivity index (χ2n) is 5.67. The first-order valence-corrected chi connectivity index (χ1v) is 7.79. The zero-order valence-corrected chi connectivity index (χ0v) is 13.5. The Hall–Kier alpha value is -0.680. The maximum Gasteiger partial charge on any atom is 0.189 e. The maximum atomic E-state index is 13.0. The maximum absolute atomic E-state index is 13.0. The predicted octanol–water partition coefficient (Wildman–Crippen LogP) is 3.19. The summed E-state index contributed by atoms with van der Waals surface area (Å²) in [4.78, 5) is 13.0. The highest BCUT2D eigenvalue weighted by Crippen LogP contribution is 2.37. The van der Waals surface area contributed by atoms with Crippen molar-refractivity contribution in [2.24, 2.45) is 5.41 Å². The summed E-state index contributed by atoms with van der Waals surface area (Å²) in [5, 5.41) is 7.67. The van der Waals surface area contributed by atoms with Crippen LogP contribution < -0.4 is 5.32 Å². The number of Topliss-reactive ketones (excluding diaryl/α,β-unsaturated/α-hetero) is 1. The first-order valence-electron chi connectivity index (χ1n) is 7.00. The zero-order valence-electron chi connectivity index (χ0n) is 11.9. The number of aromatic nitrogens is 2. The minimum absolute atomic E-state index is 0.193. The number of carbonyl (C=O) groups excluding carboxylic acids is 1. The van der Waals surface area contributed by atoms with Gasteiger partial charge in [-0.15, -0.1) is 0 Å². The molecule has 1 aromatic rings. The monoisotopic (exact) mass is 327 g/mol. The van der Waals surface area contributed by atoms with Gasteiger partial charge in [0.25, 0.3) is 0 Å². The van der Waals surface area contributed by atoms with Crippen LogP contribution in [0.15, 0.2) is 10.7 Å². The van der Waals surface area contributed by atoms with Crippen LogP contribution in [0.2, 0.25) is 0 Å². The van der Waals surface area contributed by atoms with Crippen molar-refractivity contribution in [3.8, 4) is 0 Å². The summed E-state index contributed by atoms with van der Waals surface area (Å²) in [5.41, 5.74) is 0.483. The van der Waals surface area contributed by atoms with Crippen molar-refractivity contribution in [1.82, 2.24) is 15.1 Å². The van der Waals surface area contributed by atoms with Crippen LogP contribution in [0, 0.1) is 5.41 Å². The lowest BCUT2D eigenvalue weighted by Crippen LogP contribution is -2.35. The Labute approximate surface area is 123 Å². The van der Waals surface area contributed by atoms with E-state index >= 15 is 0 Å². The molecule has 5 heteroatoms. The van der Waals surface area contributed by atoms with Gasteiger partial charge in [-0.1, -0.05) is 13.3 Å². The summed E-state index contributed by atoms with van der Waals surface area (Å²) in [7, 11) is 0. The molecule has 0 radical (unpaired) electrons. The smallest absolute Gasteiger partial charge is 0.189 e. The topological polar surface area (TPSA) is 46.9 Å². The lowest BCUT2D eigenvalue weighted by molar-refractivity contribution is 0.0786. The third kappa shape index (κ3) is 2.63. The molecule has 0 spiro atoms. The molecule has 106 valence electrons. The SMILES string of the molecule is CCCC1(C(=O)c2c(Br)cnn2C(C)C)CCNC1. The van der Waals surface area contributed by atoms with Gasteiger partial charge >= 0.3 is 0 Å². The fraction of sp³-hybridized carbons (Fsp3) is 0.714. The average Bonchev–Trinajstić information content (AvgIpc) is 2.96. The average molecular weight is 328 g/mol. The quantitative estimate of drug-likeness (QED) is 0.845. The zero-order chi connectivity index (χ0) is 14.0. The summed E-state index contributed by atoms with van der Waals surface area (Å²) in [6.45, 7) is 7.96. The van der Waals surface area contributed by atoms with E-state index in [0.717, 1.165) is 42.5 Å². The van der Waals surface area contributed by atoms with Crippen molar-refractivity contribution in [3.05, 3.63) is 16.4 Å². The van der Waals surface area contributed by atoms with Gasteiger partial charge in [0, 0.05) is 18.0 Å². The lowest BCUT2D eigenvalue weighted by atomic mass is 9.77. The van der Waals surface area contributed by atoms with Crippen LogP contribution >= 0.6 is 15.9 Å². The van der Waals surface area contributed by atoms with Crippen LogP contribution in [-0.2, 0) is 0 Å². The molecule has 2 rings (SSSR count). The van der Waals surface area contributed by atoms with Gasteiger partial charge in [0.2, 0.25) is 0 Å². The van der Waals surface area contributed by atoms with Crippen molar-refractivity contribution < 1.29 is 4.79 Å². The fourth-order valence-electron chi connectivity index (χ4n) is 2.94. The molecule has 1 N–H and O–H groups in total. The van der Waals surface area contributed by atoms with Crippen LogP contribution in [0.25, 0.3) is 0 Å². The lowest BCUT2D eigenvalue weighted by Gasteiger charge is -2.27. The summed E-state index contributed by atoms with van der Waals surface area (Å²) >= 11 is 3.48. The summed E-state index contributed by atoms with van der Waals surface area (Å²) in [6, 6.07) is 0.193. The molecule has 1 aliphatic rings. The predicted molar refractivity (Wildman–Crippen MR) is 79.5 cm³/mol. The second-order valence-corrected chi connectivity index (χ2v) is 6.52. The van der Waals surface area contributed by atoms with Crippen molar-refractivity contribution in [2.75, 3.05) is 13.1 Å². The molecule has 1 unspecified atom stereocenters. The minimum atomic E-state index is -0.246. The Morgan fingerprint density at radius 1 is 1.63 bits per heavy atom. The highest BCUT2D eigenvalue weighted by molar-refractivity contribution is 9.10. The summed E-state index contributed by atoms with van der Waals surface area (Å²) in [5.74, 6) is 0.234. The first kappa shape index (κ1) is 14.7. The highest BCUT2D eigenvalue weighted by atomic mass is 79.9. The molecular weight excluding hydrogens is 306 g/mol. The van der Waals surface area contributed by atoms with Gasteiger partial charge in [-0.2, -0.15) is 5.10 Å². The van der Waals surface area contributed by atoms with Crippen molar-refractivity contribution >= 4 is 21.7 Å². The molecule has 0 aromatic carbocycles. The molecule has 1 atom stereocenters. The summed E-state index contributed by atoms with van der Waals surface area (Å²) < 4.78 is 2.65. The molecule has 2 heterocycles. The number of halogens is 1. The Bertz CT molecular complexity index is 461. The molecule has 1 aromatic heterocycles. The van der Waals surface area contributed by atoms with Gasteiger partial charge in [-0.05, 0) is 49.2 Å². The standard InChI is InChI=1S/C14H22BrN3O/c1-4-5-14(6-7-16-9-14)13(19)12-11(15)8-17-18(12)10(2)3/h8,10,16H,4-7,9H2,1-3H3. The van der Waals surface area contributed by atoms with E-state index in [1.807, 2.05) is 4.68 Å². The largest absolute Gasteiger partial charge is 0.316 e. The minimum Gasteiger partial charge on any atom is -0.316 e. The first-order chi connectivity index (χ1) is 9.02. The molecule has 4 nitrogen and oxygen atoms in total. The van der Waals surface area contributed by atoms with E-state index in [1.165, 1.54) is 0 Å². The normalized spacial score (nSPS) is 23.2. The fourth-order valence-corrected chi connectivity index (χ4v) is 3.39. The van der Waals surface area contributed by atoms with Crippen LogP contribution in [0.4, 0.5) is 0 Å². The third-order valence-corrected chi connectivity index (χ3v) is 4.49. The number of nitrogens with one attached hydrogen (secondary N) is 1.